The topological polar surface area (TPSA) is 208 Å². The summed E-state index contributed by atoms with van der Waals surface area (Å²) in [5.41, 5.74) is 2.42. The molecule has 13 nitrogen and oxygen atoms in total. The summed E-state index contributed by atoms with van der Waals surface area (Å²) in [7, 11) is -9.37. The molecule has 0 aliphatic heterocycles. The van der Waals surface area contributed by atoms with Gasteiger partial charge in [-0.05, 0) is 79.7 Å². The summed E-state index contributed by atoms with van der Waals surface area (Å²) in [5, 5.41) is 0. The SMILES string of the molecule is CC.COc1ccc(Oc2ccc(Oc3ccc(C(=O)c4ccc(C)cc4)cc3)cc2)cc1.CS(=O)(=O)O.CS(=O)(=O)O.CS(=O)(=O)O. The minimum absolute atomic E-state index is 0.00779. The van der Waals surface area contributed by atoms with E-state index in [9.17, 15) is 30.0 Å². The fourth-order valence-corrected chi connectivity index (χ4v) is 3.04. The predicted octanol–water partition coefficient (Wildman–Crippen LogP) is 6.36. The van der Waals surface area contributed by atoms with Crippen molar-refractivity contribution in [3.05, 3.63) is 114 Å². The van der Waals surface area contributed by atoms with Crippen LogP contribution in [-0.2, 0) is 30.4 Å². The molecule has 3 N–H and O–H groups in total. The van der Waals surface area contributed by atoms with E-state index in [0.29, 0.717) is 47.1 Å². The number of rotatable bonds is 7. The second-order valence-electron chi connectivity index (χ2n) is 9.27. The highest BCUT2D eigenvalue weighted by Gasteiger charge is 2.09. The summed E-state index contributed by atoms with van der Waals surface area (Å²) in [4.78, 5) is 12.6. The molecule has 0 saturated carbocycles. The van der Waals surface area contributed by atoms with Crippen molar-refractivity contribution < 1.29 is 57.9 Å². The highest BCUT2D eigenvalue weighted by atomic mass is 32.2. The molecule has 4 rings (SSSR count). The zero-order chi connectivity index (χ0) is 37.1. The Hall–Kier alpha value is -4.32. The van der Waals surface area contributed by atoms with Crippen LogP contribution >= 0.6 is 0 Å². The summed E-state index contributed by atoms with van der Waals surface area (Å²) >= 11 is 0. The van der Waals surface area contributed by atoms with Gasteiger partial charge in [-0.1, -0.05) is 43.7 Å². The highest BCUT2D eigenvalue weighted by molar-refractivity contribution is 7.85. The van der Waals surface area contributed by atoms with Gasteiger partial charge in [0.15, 0.2) is 5.78 Å². The number of ether oxygens (including phenoxy) is 3. The Morgan fingerprint density at radius 1 is 0.479 bits per heavy atom. The lowest BCUT2D eigenvalue weighted by molar-refractivity contribution is 0.103. The predicted molar refractivity (Wildman–Crippen MR) is 184 cm³/mol. The van der Waals surface area contributed by atoms with Crippen LogP contribution in [0.5, 0.6) is 28.7 Å². The van der Waals surface area contributed by atoms with Crippen molar-refractivity contribution >= 4 is 36.1 Å². The van der Waals surface area contributed by atoms with Crippen molar-refractivity contribution in [2.24, 2.45) is 0 Å². The lowest BCUT2D eigenvalue weighted by Crippen LogP contribution is -2.00. The van der Waals surface area contributed by atoms with Gasteiger partial charge in [0.25, 0.3) is 30.4 Å². The van der Waals surface area contributed by atoms with Gasteiger partial charge in [0.1, 0.15) is 28.7 Å². The molecule has 0 heterocycles. The third-order valence-electron chi connectivity index (χ3n) is 4.78. The van der Waals surface area contributed by atoms with Crippen LogP contribution in [0.15, 0.2) is 97.1 Å². The Bertz CT molecular complexity index is 1760. The van der Waals surface area contributed by atoms with E-state index in [2.05, 4.69) is 0 Å². The zero-order valence-corrected chi connectivity index (χ0v) is 29.8. The third-order valence-corrected chi connectivity index (χ3v) is 4.78. The standard InChI is InChI=1S/C27H22O4.C2H6.3CH4O3S/c1-19-3-5-20(6-4-19)27(28)21-7-9-23(10-8-21)30-25-15-17-26(18-16-25)31-24-13-11-22(29-2)12-14-24;1-2;3*1-5(2,3)4/h3-18H,1-2H3;1-2H3;3*1H3,(H,2,3,4). The summed E-state index contributed by atoms with van der Waals surface area (Å²) in [6.07, 6.45) is 2.15. The molecule has 0 aliphatic rings. The maximum absolute atomic E-state index is 12.6. The van der Waals surface area contributed by atoms with Gasteiger partial charge in [0.2, 0.25) is 0 Å². The lowest BCUT2D eigenvalue weighted by Gasteiger charge is -2.09. The summed E-state index contributed by atoms with van der Waals surface area (Å²) < 4.78 is 94.5. The van der Waals surface area contributed by atoms with Crippen LogP contribution in [0.2, 0.25) is 0 Å². The zero-order valence-electron chi connectivity index (χ0n) is 27.4. The smallest absolute Gasteiger partial charge is 0.261 e. The fourth-order valence-electron chi connectivity index (χ4n) is 3.04. The van der Waals surface area contributed by atoms with Gasteiger partial charge in [-0.25, -0.2) is 0 Å². The maximum atomic E-state index is 12.6. The molecule has 264 valence electrons. The third kappa shape index (κ3) is 23.9. The van der Waals surface area contributed by atoms with Crippen LogP contribution in [0, 0.1) is 6.92 Å². The van der Waals surface area contributed by atoms with Crippen molar-refractivity contribution in [1.29, 1.82) is 0 Å². The summed E-state index contributed by atoms with van der Waals surface area (Å²) in [6.45, 7) is 6.00. The Labute approximate surface area is 282 Å². The molecular formula is C32H40O13S3. The molecule has 0 atom stereocenters. The number of benzene rings is 4. The Morgan fingerprint density at radius 2 is 0.688 bits per heavy atom. The van der Waals surface area contributed by atoms with Gasteiger partial charge >= 0.3 is 0 Å². The number of carbonyl (C=O) groups is 1. The molecule has 0 saturated heterocycles. The first-order valence-electron chi connectivity index (χ1n) is 13.7. The molecule has 0 aromatic heterocycles. The number of carbonyl (C=O) groups excluding carboxylic acids is 1. The Morgan fingerprint density at radius 3 is 0.938 bits per heavy atom. The summed E-state index contributed by atoms with van der Waals surface area (Å²) in [5.74, 6) is 3.54. The van der Waals surface area contributed by atoms with Gasteiger partial charge in [-0.15, -0.1) is 0 Å². The monoisotopic (exact) mass is 728 g/mol. The van der Waals surface area contributed by atoms with Gasteiger partial charge in [0, 0.05) is 11.1 Å². The van der Waals surface area contributed by atoms with Gasteiger partial charge in [-0.2, -0.15) is 25.3 Å². The summed E-state index contributed by atoms with van der Waals surface area (Å²) in [6, 6.07) is 29.5. The van der Waals surface area contributed by atoms with Crippen LogP contribution in [-0.4, -0.2) is 70.6 Å². The minimum atomic E-state index is -3.67. The number of hydrogen-bond donors (Lipinski definition) is 3. The van der Waals surface area contributed by atoms with Crippen LogP contribution in [0.1, 0.15) is 35.3 Å². The maximum Gasteiger partial charge on any atom is 0.261 e. The van der Waals surface area contributed by atoms with Crippen molar-refractivity contribution in [2.75, 3.05) is 25.9 Å². The van der Waals surface area contributed by atoms with E-state index in [-0.39, 0.29) is 5.78 Å². The highest BCUT2D eigenvalue weighted by Crippen LogP contribution is 2.28. The molecule has 4 aromatic rings. The van der Waals surface area contributed by atoms with E-state index in [1.165, 1.54) is 0 Å². The molecule has 0 radical (unpaired) electrons. The second kappa shape index (κ2) is 20.8. The van der Waals surface area contributed by atoms with Crippen molar-refractivity contribution in [2.45, 2.75) is 20.8 Å². The molecule has 48 heavy (non-hydrogen) atoms. The first-order valence-corrected chi connectivity index (χ1v) is 19.2. The van der Waals surface area contributed by atoms with Crippen molar-refractivity contribution in [3.8, 4) is 28.7 Å². The van der Waals surface area contributed by atoms with Gasteiger partial charge < -0.3 is 14.2 Å². The Kier molecular flexibility index (Phi) is 18.9. The molecular weight excluding hydrogens is 689 g/mol. The van der Waals surface area contributed by atoms with E-state index in [1.807, 2.05) is 93.6 Å². The van der Waals surface area contributed by atoms with Crippen LogP contribution in [0.25, 0.3) is 0 Å². The quantitative estimate of drug-likeness (QED) is 0.140. The van der Waals surface area contributed by atoms with E-state index < -0.39 is 30.4 Å². The molecule has 0 bridgehead atoms. The van der Waals surface area contributed by atoms with E-state index in [1.54, 1.807) is 31.4 Å². The Balaban J connectivity index is 0.00000108. The van der Waals surface area contributed by atoms with Crippen LogP contribution in [0.3, 0.4) is 0 Å². The van der Waals surface area contributed by atoms with Gasteiger partial charge in [-0.3, -0.25) is 18.5 Å². The average Bonchev–Trinajstić information content (AvgIpc) is 2.98. The molecule has 0 amide bonds. The molecule has 16 heteroatoms. The lowest BCUT2D eigenvalue weighted by atomic mass is 10.0. The molecule has 0 fully saturated rings. The molecule has 0 spiro atoms. The van der Waals surface area contributed by atoms with E-state index in [4.69, 9.17) is 27.9 Å². The number of hydrogen-bond acceptors (Lipinski definition) is 10. The van der Waals surface area contributed by atoms with Crippen molar-refractivity contribution in [3.63, 3.8) is 0 Å². The second-order valence-corrected chi connectivity index (χ2v) is 13.7. The average molecular weight is 729 g/mol. The fraction of sp³-hybridized carbons (Fsp3) is 0.219. The number of methoxy groups -OCH3 is 1. The first kappa shape index (κ1) is 43.7. The molecule has 4 aromatic carbocycles. The first-order chi connectivity index (χ1) is 22.1. The van der Waals surface area contributed by atoms with E-state index in [0.717, 1.165) is 17.1 Å². The molecule has 0 unspecified atom stereocenters. The van der Waals surface area contributed by atoms with Crippen molar-refractivity contribution in [1.82, 2.24) is 0 Å². The van der Waals surface area contributed by atoms with E-state index >= 15 is 0 Å². The minimum Gasteiger partial charge on any atom is -0.497 e. The van der Waals surface area contributed by atoms with Gasteiger partial charge in [0.05, 0.1) is 25.9 Å². The van der Waals surface area contributed by atoms with Crippen LogP contribution < -0.4 is 14.2 Å². The van der Waals surface area contributed by atoms with Crippen LogP contribution in [0.4, 0.5) is 0 Å². The largest absolute Gasteiger partial charge is 0.497 e. The molecule has 0 aliphatic carbocycles. The number of aryl methyl sites for hydroxylation is 1. The number of ketones is 1. The normalized spacial score (nSPS) is 10.5.